The number of benzene rings is 1. The molecule has 2 rings (SSSR count). The molecule has 2 aromatic rings. The summed E-state index contributed by atoms with van der Waals surface area (Å²) in [4.78, 5) is 4.75. The summed E-state index contributed by atoms with van der Waals surface area (Å²) in [6, 6.07) is 10.8. The third-order valence-electron chi connectivity index (χ3n) is 1.86. The van der Waals surface area contributed by atoms with Gasteiger partial charge in [-0.25, -0.2) is 4.98 Å². The van der Waals surface area contributed by atoms with E-state index >= 15 is 0 Å². The molecule has 0 amide bonds. The molecular weight excluding hydrogens is 208 g/mol. The highest BCUT2D eigenvalue weighted by Gasteiger charge is 2.00. The zero-order valence-corrected chi connectivity index (χ0v) is 8.82. The molecule has 0 radical (unpaired) electrons. The number of nitrogens with two attached hydrogens (primary N) is 1. The van der Waals surface area contributed by atoms with Gasteiger partial charge in [0.2, 0.25) is 5.88 Å². The van der Waals surface area contributed by atoms with E-state index in [2.05, 4.69) is 17.6 Å². The first-order valence-electron chi connectivity index (χ1n) is 4.43. The number of thiol groups is 1. The molecule has 2 N–H and O–H groups in total. The van der Waals surface area contributed by atoms with Crippen LogP contribution in [0.5, 0.6) is 11.6 Å². The first-order chi connectivity index (χ1) is 7.25. The molecule has 3 nitrogen and oxygen atoms in total. The largest absolute Gasteiger partial charge is 0.439 e. The van der Waals surface area contributed by atoms with Gasteiger partial charge in [-0.1, -0.05) is 6.07 Å². The monoisotopic (exact) mass is 218 g/mol. The number of anilines is 1. The van der Waals surface area contributed by atoms with Crippen molar-refractivity contribution in [2.75, 3.05) is 5.73 Å². The molecule has 1 heterocycles. The molecule has 1 aromatic heterocycles. The smallest absolute Gasteiger partial charge is 0.219 e. The number of aromatic nitrogens is 1. The van der Waals surface area contributed by atoms with Crippen LogP contribution in [0.3, 0.4) is 0 Å². The first-order valence-corrected chi connectivity index (χ1v) is 4.88. The SMILES string of the molecule is Nc1ccc(Oc2ccccn2)cc1S. The van der Waals surface area contributed by atoms with Crippen LogP contribution in [-0.4, -0.2) is 4.98 Å². The second-order valence-electron chi connectivity index (χ2n) is 2.99. The van der Waals surface area contributed by atoms with E-state index in [4.69, 9.17) is 10.5 Å². The number of hydrogen-bond donors (Lipinski definition) is 2. The number of nitrogens with zero attached hydrogens (tertiary/aromatic N) is 1. The van der Waals surface area contributed by atoms with Gasteiger partial charge < -0.3 is 10.5 Å². The van der Waals surface area contributed by atoms with Crippen LogP contribution in [0.1, 0.15) is 0 Å². The highest BCUT2D eigenvalue weighted by Crippen LogP contribution is 2.25. The maximum absolute atomic E-state index is 5.63. The summed E-state index contributed by atoms with van der Waals surface area (Å²) in [5.74, 6) is 1.22. The van der Waals surface area contributed by atoms with Crippen molar-refractivity contribution < 1.29 is 4.74 Å². The minimum absolute atomic E-state index is 0.551. The molecule has 0 atom stereocenters. The van der Waals surface area contributed by atoms with Gasteiger partial charge in [0.15, 0.2) is 0 Å². The van der Waals surface area contributed by atoms with Gasteiger partial charge in [0.25, 0.3) is 0 Å². The van der Waals surface area contributed by atoms with E-state index in [1.54, 1.807) is 30.5 Å². The van der Waals surface area contributed by atoms with E-state index in [0.29, 0.717) is 22.2 Å². The van der Waals surface area contributed by atoms with Crippen molar-refractivity contribution in [3.05, 3.63) is 42.6 Å². The molecule has 0 fully saturated rings. The first kappa shape index (κ1) is 9.86. The Balaban J connectivity index is 2.22. The number of nitrogen functional groups attached to an aromatic ring is 1. The summed E-state index contributed by atoms with van der Waals surface area (Å²) >= 11 is 4.21. The number of ether oxygens (including phenoxy) is 1. The molecule has 0 aliphatic heterocycles. The van der Waals surface area contributed by atoms with Gasteiger partial charge in [-0.3, -0.25) is 0 Å². The Kier molecular flexibility index (Phi) is 2.78. The average molecular weight is 218 g/mol. The minimum Gasteiger partial charge on any atom is -0.439 e. The Labute approximate surface area is 93.3 Å². The van der Waals surface area contributed by atoms with E-state index in [-0.39, 0.29) is 0 Å². The molecule has 0 saturated heterocycles. The van der Waals surface area contributed by atoms with Crippen molar-refractivity contribution >= 4 is 18.3 Å². The topological polar surface area (TPSA) is 48.1 Å². The van der Waals surface area contributed by atoms with Gasteiger partial charge in [0.1, 0.15) is 5.75 Å². The summed E-state index contributed by atoms with van der Waals surface area (Å²) in [5.41, 5.74) is 6.27. The van der Waals surface area contributed by atoms with Gasteiger partial charge in [0.05, 0.1) is 0 Å². The van der Waals surface area contributed by atoms with Crippen molar-refractivity contribution in [3.63, 3.8) is 0 Å². The Bertz CT molecular complexity index is 459. The summed E-state index contributed by atoms with van der Waals surface area (Å²) in [5, 5.41) is 0. The van der Waals surface area contributed by atoms with Crippen molar-refractivity contribution in [1.29, 1.82) is 0 Å². The van der Waals surface area contributed by atoms with E-state index in [0.717, 1.165) is 0 Å². The lowest BCUT2D eigenvalue weighted by atomic mass is 10.3. The van der Waals surface area contributed by atoms with Crippen LogP contribution in [-0.2, 0) is 0 Å². The molecule has 4 heteroatoms. The highest BCUT2D eigenvalue weighted by molar-refractivity contribution is 7.80. The number of rotatable bonds is 2. The van der Waals surface area contributed by atoms with Gasteiger partial charge in [0, 0.05) is 22.8 Å². The lowest BCUT2D eigenvalue weighted by molar-refractivity contribution is 0.462. The highest BCUT2D eigenvalue weighted by atomic mass is 32.1. The normalized spacial score (nSPS) is 9.93. The fourth-order valence-electron chi connectivity index (χ4n) is 1.12. The fourth-order valence-corrected chi connectivity index (χ4v) is 1.32. The standard InChI is InChI=1S/C11H10N2OS/c12-9-5-4-8(7-10(9)15)14-11-3-1-2-6-13-11/h1-7,15H,12H2. The Morgan fingerprint density at radius 1 is 1.20 bits per heavy atom. The molecule has 1 aromatic carbocycles. The zero-order valence-electron chi connectivity index (χ0n) is 7.92. The second-order valence-corrected chi connectivity index (χ2v) is 3.47. The average Bonchev–Trinajstić information content (AvgIpc) is 2.25. The van der Waals surface area contributed by atoms with E-state index in [9.17, 15) is 0 Å². The van der Waals surface area contributed by atoms with Gasteiger partial charge in [-0.2, -0.15) is 0 Å². The molecule has 0 unspecified atom stereocenters. The maximum Gasteiger partial charge on any atom is 0.219 e. The van der Waals surface area contributed by atoms with Crippen LogP contribution in [0.15, 0.2) is 47.5 Å². The molecular formula is C11H10N2OS. The molecule has 76 valence electrons. The summed E-state index contributed by atoms with van der Waals surface area (Å²) in [7, 11) is 0. The fraction of sp³-hybridized carbons (Fsp3) is 0. The molecule has 0 bridgehead atoms. The molecule has 0 aliphatic carbocycles. The summed E-state index contributed by atoms with van der Waals surface area (Å²) in [6.45, 7) is 0. The van der Waals surface area contributed by atoms with Crippen LogP contribution < -0.4 is 10.5 Å². The third-order valence-corrected chi connectivity index (χ3v) is 2.25. The Morgan fingerprint density at radius 2 is 2.07 bits per heavy atom. The molecule has 15 heavy (non-hydrogen) atoms. The third kappa shape index (κ3) is 2.41. The van der Waals surface area contributed by atoms with E-state index in [1.807, 2.05) is 12.1 Å². The number of hydrogen-bond acceptors (Lipinski definition) is 4. The zero-order chi connectivity index (χ0) is 10.7. The predicted molar refractivity (Wildman–Crippen MR) is 62.4 cm³/mol. The maximum atomic E-state index is 5.63. The quantitative estimate of drug-likeness (QED) is 0.602. The van der Waals surface area contributed by atoms with Gasteiger partial charge >= 0.3 is 0 Å². The van der Waals surface area contributed by atoms with Crippen molar-refractivity contribution in [2.45, 2.75) is 4.90 Å². The van der Waals surface area contributed by atoms with Crippen LogP contribution in [0.2, 0.25) is 0 Å². The summed E-state index contributed by atoms with van der Waals surface area (Å²) < 4.78 is 5.50. The summed E-state index contributed by atoms with van der Waals surface area (Å²) in [6.07, 6.45) is 1.67. The van der Waals surface area contributed by atoms with Crippen molar-refractivity contribution in [3.8, 4) is 11.6 Å². The van der Waals surface area contributed by atoms with Crippen LogP contribution in [0.4, 0.5) is 5.69 Å². The van der Waals surface area contributed by atoms with Crippen LogP contribution in [0.25, 0.3) is 0 Å². The molecule has 0 aliphatic rings. The predicted octanol–water partition coefficient (Wildman–Crippen LogP) is 2.74. The molecule has 0 spiro atoms. The van der Waals surface area contributed by atoms with E-state index in [1.165, 1.54) is 0 Å². The van der Waals surface area contributed by atoms with Crippen LogP contribution >= 0.6 is 12.6 Å². The second kappa shape index (κ2) is 4.23. The minimum atomic E-state index is 0.551. The van der Waals surface area contributed by atoms with Crippen molar-refractivity contribution in [1.82, 2.24) is 4.98 Å². The number of pyridine rings is 1. The van der Waals surface area contributed by atoms with Gasteiger partial charge in [-0.05, 0) is 24.3 Å². The Morgan fingerprint density at radius 3 is 2.73 bits per heavy atom. The Hall–Kier alpha value is -1.68. The van der Waals surface area contributed by atoms with E-state index < -0.39 is 0 Å². The van der Waals surface area contributed by atoms with Crippen LogP contribution in [0, 0.1) is 0 Å². The molecule has 0 saturated carbocycles. The van der Waals surface area contributed by atoms with Gasteiger partial charge in [-0.15, -0.1) is 12.6 Å². The lowest BCUT2D eigenvalue weighted by Gasteiger charge is -2.05. The van der Waals surface area contributed by atoms with Crippen molar-refractivity contribution in [2.24, 2.45) is 0 Å². The lowest BCUT2D eigenvalue weighted by Crippen LogP contribution is -1.90.